The minimum absolute atomic E-state index is 0.136. The van der Waals surface area contributed by atoms with E-state index in [2.05, 4.69) is 23.5 Å². The molecule has 1 amide bonds. The Morgan fingerprint density at radius 3 is 2.88 bits per heavy atom. The number of nitrogens with one attached hydrogen (secondary N) is 1. The number of aromatic nitrogens is 1. The number of thiazole rings is 1. The highest BCUT2D eigenvalue weighted by atomic mass is 32.1. The van der Waals surface area contributed by atoms with Crippen molar-refractivity contribution in [3.8, 4) is 0 Å². The average Bonchev–Trinajstić information content (AvgIpc) is 3.24. The van der Waals surface area contributed by atoms with Gasteiger partial charge in [-0.05, 0) is 68.1 Å². The number of rotatable bonds is 6. The molecule has 0 unspecified atom stereocenters. The molecule has 0 radical (unpaired) electrons. The monoisotopic (exact) mass is 354 g/mol. The summed E-state index contributed by atoms with van der Waals surface area (Å²) in [4.78, 5) is 18.4. The molecular weight excluding hydrogens is 328 g/mol. The molecule has 2 aliphatic carbocycles. The maximum Gasteiger partial charge on any atom is 0.224 e. The summed E-state index contributed by atoms with van der Waals surface area (Å²) >= 11 is 1.88. The third-order valence-electron chi connectivity index (χ3n) is 5.31. The Hall–Kier alpha value is -1.68. The molecule has 0 saturated carbocycles. The van der Waals surface area contributed by atoms with E-state index in [0.29, 0.717) is 6.42 Å². The fourth-order valence-corrected chi connectivity index (χ4v) is 5.16. The van der Waals surface area contributed by atoms with Crippen LogP contribution in [0.15, 0.2) is 18.2 Å². The minimum Gasteiger partial charge on any atom is -0.356 e. The van der Waals surface area contributed by atoms with Crippen molar-refractivity contribution in [3.63, 3.8) is 0 Å². The lowest BCUT2D eigenvalue weighted by Gasteiger charge is -2.07. The Morgan fingerprint density at radius 2 is 1.96 bits per heavy atom. The standard InChI is InChI=1S/C21H26N2OS/c24-20(14-15-10-11-16-5-3-6-17(16)13-15)22-12-4-9-21-23-18-7-1-2-8-19(18)25-21/h10-11,13H,1-9,12,14H2,(H,22,24). The Labute approximate surface area is 153 Å². The van der Waals surface area contributed by atoms with Gasteiger partial charge >= 0.3 is 0 Å². The second-order valence-electron chi connectivity index (χ2n) is 7.27. The largest absolute Gasteiger partial charge is 0.356 e. The van der Waals surface area contributed by atoms with Crippen molar-refractivity contribution in [1.29, 1.82) is 0 Å². The van der Waals surface area contributed by atoms with Crippen LogP contribution in [0.1, 0.15) is 58.0 Å². The SMILES string of the molecule is O=C(Cc1ccc2c(c1)CCC2)NCCCc1nc2c(s1)CCCC2. The molecule has 4 heteroatoms. The zero-order chi connectivity index (χ0) is 17.1. The van der Waals surface area contributed by atoms with Crippen molar-refractivity contribution in [2.75, 3.05) is 6.54 Å². The molecule has 3 nitrogen and oxygen atoms in total. The van der Waals surface area contributed by atoms with Crippen molar-refractivity contribution in [2.45, 2.75) is 64.2 Å². The molecule has 0 fully saturated rings. The number of hydrogen-bond donors (Lipinski definition) is 1. The van der Waals surface area contributed by atoms with E-state index in [-0.39, 0.29) is 5.91 Å². The molecule has 0 spiro atoms. The van der Waals surface area contributed by atoms with Crippen LogP contribution in [0.3, 0.4) is 0 Å². The van der Waals surface area contributed by atoms with Crippen LogP contribution in [0.5, 0.6) is 0 Å². The van der Waals surface area contributed by atoms with Gasteiger partial charge in [0, 0.05) is 17.8 Å². The normalized spacial score (nSPS) is 15.7. The van der Waals surface area contributed by atoms with E-state index in [1.54, 1.807) is 0 Å². The number of benzene rings is 1. The van der Waals surface area contributed by atoms with Crippen LogP contribution in [0.25, 0.3) is 0 Å². The summed E-state index contributed by atoms with van der Waals surface area (Å²) in [5.74, 6) is 0.136. The second kappa shape index (κ2) is 7.69. The van der Waals surface area contributed by atoms with Crippen LogP contribution in [-0.2, 0) is 43.3 Å². The Morgan fingerprint density at radius 1 is 1.08 bits per heavy atom. The van der Waals surface area contributed by atoms with Crippen molar-refractivity contribution < 1.29 is 4.79 Å². The lowest BCUT2D eigenvalue weighted by atomic mass is 10.0. The van der Waals surface area contributed by atoms with E-state index in [9.17, 15) is 4.79 Å². The highest BCUT2D eigenvalue weighted by molar-refractivity contribution is 7.11. The van der Waals surface area contributed by atoms with Crippen LogP contribution in [0.4, 0.5) is 0 Å². The summed E-state index contributed by atoms with van der Waals surface area (Å²) in [6, 6.07) is 6.54. The smallest absolute Gasteiger partial charge is 0.224 e. The van der Waals surface area contributed by atoms with E-state index in [4.69, 9.17) is 4.98 Å². The number of fused-ring (bicyclic) bond motifs is 2. The van der Waals surface area contributed by atoms with Gasteiger partial charge in [-0.2, -0.15) is 0 Å². The first kappa shape index (κ1) is 16.8. The van der Waals surface area contributed by atoms with Gasteiger partial charge in [0.05, 0.1) is 17.1 Å². The summed E-state index contributed by atoms with van der Waals surface area (Å²) in [7, 11) is 0. The molecule has 1 N–H and O–H groups in total. The van der Waals surface area contributed by atoms with Gasteiger partial charge in [-0.3, -0.25) is 4.79 Å². The van der Waals surface area contributed by atoms with Crippen LogP contribution in [-0.4, -0.2) is 17.4 Å². The van der Waals surface area contributed by atoms with Crippen LogP contribution in [0, 0.1) is 0 Å². The topological polar surface area (TPSA) is 42.0 Å². The second-order valence-corrected chi connectivity index (χ2v) is 8.44. The molecule has 4 rings (SSSR count). The quantitative estimate of drug-likeness (QED) is 0.802. The van der Waals surface area contributed by atoms with Crippen molar-refractivity contribution >= 4 is 17.2 Å². The maximum absolute atomic E-state index is 12.2. The summed E-state index contributed by atoms with van der Waals surface area (Å²) in [6.07, 6.45) is 11.0. The summed E-state index contributed by atoms with van der Waals surface area (Å²) in [5, 5.41) is 4.32. The molecule has 0 saturated heterocycles. The van der Waals surface area contributed by atoms with E-state index in [0.717, 1.165) is 31.4 Å². The van der Waals surface area contributed by atoms with E-state index in [1.165, 1.54) is 65.2 Å². The number of nitrogens with zero attached hydrogens (tertiary/aromatic N) is 1. The Kier molecular flexibility index (Phi) is 5.16. The van der Waals surface area contributed by atoms with Gasteiger partial charge < -0.3 is 5.32 Å². The maximum atomic E-state index is 12.2. The molecule has 1 heterocycles. The van der Waals surface area contributed by atoms with Crippen molar-refractivity contribution in [3.05, 3.63) is 50.5 Å². The zero-order valence-electron chi connectivity index (χ0n) is 14.8. The van der Waals surface area contributed by atoms with Gasteiger partial charge in [0.25, 0.3) is 0 Å². The van der Waals surface area contributed by atoms with Gasteiger partial charge in [0.1, 0.15) is 0 Å². The predicted octanol–water partition coefficient (Wildman–Crippen LogP) is 3.80. The zero-order valence-corrected chi connectivity index (χ0v) is 15.6. The first-order valence-electron chi connectivity index (χ1n) is 9.63. The van der Waals surface area contributed by atoms with E-state index in [1.807, 2.05) is 11.3 Å². The average molecular weight is 355 g/mol. The van der Waals surface area contributed by atoms with Crippen molar-refractivity contribution in [1.82, 2.24) is 10.3 Å². The minimum atomic E-state index is 0.136. The molecule has 132 valence electrons. The van der Waals surface area contributed by atoms with Crippen LogP contribution < -0.4 is 5.32 Å². The fourth-order valence-electron chi connectivity index (χ4n) is 3.96. The highest BCUT2D eigenvalue weighted by Crippen LogP contribution is 2.27. The number of hydrogen-bond acceptors (Lipinski definition) is 3. The van der Waals surface area contributed by atoms with Gasteiger partial charge in [0.15, 0.2) is 0 Å². The van der Waals surface area contributed by atoms with Gasteiger partial charge in [-0.1, -0.05) is 18.2 Å². The molecule has 2 aromatic rings. The number of carbonyl (C=O) groups is 1. The molecule has 1 aromatic carbocycles. The number of amides is 1. The van der Waals surface area contributed by atoms with E-state index < -0.39 is 0 Å². The highest BCUT2D eigenvalue weighted by Gasteiger charge is 2.15. The third kappa shape index (κ3) is 4.12. The molecule has 0 bridgehead atoms. The first-order chi connectivity index (χ1) is 12.3. The third-order valence-corrected chi connectivity index (χ3v) is 6.52. The van der Waals surface area contributed by atoms with Crippen LogP contribution >= 0.6 is 11.3 Å². The first-order valence-corrected chi connectivity index (χ1v) is 10.4. The Bertz CT molecular complexity index is 742. The molecule has 0 aliphatic heterocycles. The van der Waals surface area contributed by atoms with Gasteiger partial charge in [-0.25, -0.2) is 4.98 Å². The van der Waals surface area contributed by atoms with E-state index >= 15 is 0 Å². The molecule has 0 atom stereocenters. The molecular formula is C21H26N2OS. The van der Waals surface area contributed by atoms with Crippen molar-refractivity contribution in [2.24, 2.45) is 0 Å². The summed E-state index contributed by atoms with van der Waals surface area (Å²) < 4.78 is 0. The molecule has 2 aliphatic rings. The molecule has 25 heavy (non-hydrogen) atoms. The number of aryl methyl sites for hydroxylation is 5. The van der Waals surface area contributed by atoms with Gasteiger partial charge in [0.2, 0.25) is 5.91 Å². The summed E-state index contributed by atoms with van der Waals surface area (Å²) in [5.41, 5.74) is 5.39. The lowest BCUT2D eigenvalue weighted by molar-refractivity contribution is -0.120. The lowest BCUT2D eigenvalue weighted by Crippen LogP contribution is -2.26. The fraction of sp³-hybridized carbons (Fsp3) is 0.524. The molecule has 1 aromatic heterocycles. The summed E-state index contributed by atoms with van der Waals surface area (Å²) in [6.45, 7) is 0.744. The predicted molar refractivity (Wildman–Crippen MR) is 102 cm³/mol. The van der Waals surface area contributed by atoms with Gasteiger partial charge in [-0.15, -0.1) is 11.3 Å². The Balaban J connectivity index is 1.21. The number of carbonyl (C=O) groups excluding carboxylic acids is 1. The van der Waals surface area contributed by atoms with Crippen LogP contribution in [0.2, 0.25) is 0 Å².